The van der Waals surface area contributed by atoms with Crippen LogP contribution in [-0.2, 0) is 20.7 Å². The van der Waals surface area contributed by atoms with E-state index in [1.165, 1.54) is 4.90 Å². The molecule has 8 heteroatoms. The van der Waals surface area contributed by atoms with E-state index >= 15 is 4.39 Å². The van der Waals surface area contributed by atoms with Gasteiger partial charge in [0.15, 0.2) is 0 Å². The predicted molar refractivity (Wildman–Crippen MR) is 104 cm³/mol. The Hall–Kier alpha value is -1.70. The second-order valence-corrected chi connectivity index (χ2v) is 8.05. The number of aliphatic carboxylic acids is 1. The molecule has 3 rings (SSSR count). The molecule has 1 unspecified atom stereocenters. The highest BCUT2D eigenvalue weighted by atomic mass is 35.5. The van der Waals surface area contributed by atoms with Gasteiger partial charge in [-0.05, 0) is 56.2 Å². The van der Waals surface area contributed by atoms with E-state index in [4.69, 9.17) is 27.2 Å². The van der Waals surface area contributed by atoms with Crippen molar-refractivity contribution in [3.05, 3.63) is 28.8 Å². The average Bonchev–Trinajstić information content (AvgIpc) is 3.20. The number of carbonyl (C=O) groups is 2. The summed E-state index contributed by atoms with van der Waals surface area (Å²) in [6, 6.07) is 4.81. The molecule has 2 aliphatic rings. The number of nitrogen functional groups attached to an aromatic ring is 1. The van der Waals surface area contributed by atoms with Gasteiger partial charge in [-0.15, -0.1) is 0 Å². The zero-order valence-electron chi connectivity index (χ0n) is 15.7. The lowest BCUT2D eigenvalue weighted by atomic mass is 9.87. The first-order valence-electron chi connectivity index (χ1n) is 9.71. The van der Waals surface area contributed by atoms with Crippen LogP contribution in [0.15, 0.2) is 18.2 Å². The number of hydrogen-bond acceptors (Lipinski definition) is 5. The number of ketones is 1. The Morgan fingerprint density at radius 1 is 1.25 bits per heavy atom. The molecule has 154 valence electrons. The first kappa shape index (κ1) is 21.0. The Labute approximate surface area is 168 Å². The maximum atomic E-state index is 16.0. The van der Waals surface area contributed by atoms with Crippen LogP contribution in [0, 0.1) is 5.92 Å². The zero-order chi connectivity index (χ0) is 20.3. The lowest BCUT2D eigenvalue weighted by Crippen LogP contribution is -2.54. The molecule has 1 aromatic rings. The van der Waals surface area contributed by atoms with Gasteiger partial charge in [0.25, 0.3) is 0 Å². The van der Waals surface area contributed by atoms with E-state index in [-0.39, 0.29) is 6.42 Å². The van der Waals surface area contributed by atoms with E-state index in [0.29, 0.717) is 55.0 Å². The van der Waals surface area contributed by atoms with E-state index in [0.717, 1.165) is 12.8 Å². The third-order valence-corrected chi connectivity index (χ3v) is 5.96. The average molecular weight is 413 g/mol. The molecule has 0 aromatic heterocycles. The normalized spacial score (nSPS) is 25.4. The van der Waals surface area contributed by atoms with Gasteiger partial charge in [-0.1, -0.05) is 17.7 Å². The maximum Gasteiger partial charge on any atom is 0.330 e. The number of Topliss-reactive ketones (excluding diaryl/α,β-unsaturated/α-hetero) is 1. The molecular formula is C20H26ClFN2O4. The molecule has 1 heterocycles. The molecule has 0 bridgehead atoms. The van der Waals surface area contributed by atoms with Gasteiger partial charge >= 0.3 is 11.9 Å². The van der Waals surface area contributed by atoms with E-state index in [1.54, 1.807) is 18.2 Å². The lowest BCUT2D eigenvalue weighted by Gasteiger charge is -2.37. The summed E-state index contributed by atoms with van der Waals surface area (Å²) in [7, 11) is 0. The van der Waals surface area contributed by atoms with Crippen molar-refractivity contribution in [3.63, 3.8) is 0 Å². The summed E-state index contributed by atoms with van der Waals surface area (Å²) in [6.45, 7) is 0.907. The van der Waals surface area contributed by atoms with Crippen LogP contribution in [0.25, 0.3) is 0 Å². The second-order valence-electron chi connectivity index (χ2n) is 7.64. The molecule has 1 aliphatic carbocycles. The minimum Gasteiger partial charge on any atom is -0.481 e. The highest BCUT2D eigenvalue weighted by Gasteiger charge is 2.48. The third kappa shape index (κ3) is 4.64. The number of alkyl halides is 1. The number of carboxylic acid groups (broad SMARTS) is 1. The number of ether oxygens (including phenoxy) is 1. The molecule has 1 atom stereocenters. The summed E-state index contributed by atoms with van der Waals surface area (Å²) < 4.78 is 21.7. The van der Waals surface area contributed by atoms with E-state index in [1.807, 2.05) is 0 Å². The smallest absolute Gasteiger partial charge is 0.330 e. The number of hydrogen-bond donors (Lipinski definition) is 2. The Balaban J connectivity index is 1.73. The number of nitrogens with two attached hydrogens (primary N) is 1. The Morgan fingerprint density at radius 2 is 1.89 bits per heavy atom. The third-order valence-electron chi connectivity index (χ3n) is 5.63. The van der Waals surface area contributed by atoms with Crippen molar-refractivity contribution in [1.29, 1.82) is 0 Å². The number of carbonyl (C=O) groups excluding carboxylic acids is 1. The molecule has 2 fully saturated rings. The number of nitrogens with zero attached hydrogens (tertiary/aromatic N) is 1. The van der Waals surface area contributed by atoms with Crippen molar-refractivity contribution in [2.24, 2.45) is 5.92 Å². The maximum absolute atomic E-state index is 16.0. The van der Waals surface area contributed by atoms with Crippen molar-refractivity contribution >= 4 is 29.0 Å². The molecule has 0 amide bonds. The molecule has 1 aliphatic heterocycles. The van der Waals surface area contributed by atoms with Crippen molar-refractivity contribution in [2.45, 2.75) is 57.0 Å². The van der Waals surface area contributed by atoms with E-state index in [2.05, 4.69) is 0 Å². The van der Waals surface area contributed by atoms with Gasteiger partial charge in [0.1, 0.15) is 0 Å². The van der Waals surface area contributed by atoms with Crippen molar-refractivity contribution < 1.29 is 23.8 Å². The van der Waals surface area contributed by atoms with E-state index < -0.39 is 29.8 Å². The van der Waals surface area contributed by atoms with Crippen LogP contribution >= 0.6 is 11.6 Å². The zero-order valence-corrected chi connectivity index (χ0v) is 16.5. The SMILES string of the molecule is Nc1ccc(CC(=O)C(F)(O[C@H]2CC[C@H](C(=O)O)CC2)N2CCCC2)cc1Cl. The molecule has 0 radical (unpaired) electrons. The highest BCUT2D eigenvalue weighted by Crippen LogP contribution is 2.34. The summed E-state index contributed by atoms with van der Waals surface area (Å²) in [6.07, 6.45) is 2.70. The first-order valence-corrected chi connectivity index (χ1v) is 10.1. The fourth-order valence-corrected chi connectivity index (χ4v) is 4.15. The monoisotopic (exact) mass is 412 g/mol. The topological polar surface area (TPSA) is 92.9 Å². The second kappa shape index (κ2) is 8.76. The largest absolute Gasteiger partial charge is 0.481 e. The van der Waals surface area contributed by atoms with Gasteiger partial charge in [0.2, 0.25) is 5.78 Å². The summed E-state index contributed by atoms with van der Waals surface area (Å²) in [4.78, 5) is 25.5. The number of benzene rings is 1. The summed E-state index contributed by atoms with van der Waals surface area (Å²) in [5.41, 5.74) is 6.67. The van der Waals surface area contributed by atoms with Crippen LogP contribution in [0.3, 0.4) is 0 Å². The predicted octanol–water partition coefficient (Wildman–Crippen LogP) is 3.41. The van der Waals surface area contributed by atoms with E-state index in [9.17, 15) is 9.59 Å². The standard InChI is InChI=1S/C20H26ClFN2O4/c21-16-11-13(3-8-17(16)23)12-18(25)20(22,24-9-1-2-10-24)28-15-6-4-14(5-7-15)19(26)27/h3,8,11,14-15H,1-2,4-7,9-10,12,23H2,(H,26,27)/t14-,15-,20?. The fraction of sp³-hybridized carbons (Fsp3) is 0.600. The van der Waals surface area contributed by atoms with Gasteiger partial charge in [-0.2, -0.15) is 4.39 Å². The number of halogens is 2. The van der Waals surface area contributed by atoms with Gasteiger partial charge in [0.05, 0.1) is 22.7 Å². The summed E-state index contributed by atoms with van der Waals surface area (Å²) in [5.74, 6) is -4.44. The van der Waals surface area contributed by atoms with Gasteiger partial charge in [0, 0.05) is 19.5 Å². The fourth-order valence-electron chi connectivity index (χ4n) is 3.94. The number of carboxylic acids is 1. The molecule has 3 N–H and O–H groups in total. The van der Waals surface area contributed by atoms with Gasteiger partial charge in [-0.25, -0.2) is 4.90 Å². The molecule has 1 saturated carbocycles. The van der Waals surface area contributed by atoms with Gasteiger partial charge < -0.3 is 15.6 Å². The summed E-state index contributed by atoms with van der Waals surface area (Å²) in [5, 5.41) is 9.45. The van der Waals surface area contributed by atoms with Crippen LogP contribution in [0.1, 0.15) is 44.1 Å². The molecule has 0 spiro atoms. The highest BCUT2D eigenvalue weighted by molar-refractivity contribution is 6.33. The Morgan fingerprint density at radius 3 is 2.46 bits per heavy atom. The van der Waals surface area contributed by atoms with Crippen molar-refractivity contribution in [3.8, 4) is 0 Å². The van der Waals surface area contributed by atoms with Crippen molar-refractivity contribution in [1.82, 2.24) is 4.90 Å². The van der Waals surface area contributed by atoms with Crippen LogP contribution in [0.4, 0.5) is 10.1 Å². The molecule has 6 nitrogen and oxygen atoms in total. The van der Waals surface area contributed by atoms with Crippen LogP contribution in [0.5, 0.6) is 0 Å². The lowest BCUT2D eigenvalue weighted by molar-refractivity contribution is -0.252. The van der Waals surface area contributed by atoms with Gasteiger partial charge in [-0.3, -0.25) is 9.59 Å². The Kier molecular flexibility index (Phi) is 6.58. The van der Waals surface area contributed by atoms with Crippen LogP contribution in [-0.4, -0.2) is 46.9 Å². The molecular weight excluding hydrogens is 387 g/mol. The minimum atomic E-state index is -2.51. The molecule has 1 saturated heterocycles. The number of likely N-dealkylation sites (tertiary alicyclic amines) is 1. The van der Waals surface area contributed by atoms with Crippen molar-refractivity contribution in [2.75, 3.05) is 18.8 Å². The molecule has 1 aromatic carbocycles. The summed E-state index contributed by atoms with van der Waals surface area (Å²) >= 11 is 6.01. The number of anilines is 1. The number of rotatable bonds is 7. The quantitative estimate of drug-likeness (QED) is 0.526. The van der Waals surface area contributed by atoms with Crippen LogP contribution < -0.4 is 5.73 Å². The first-order chi connectivity index (χ1) is 13.3. The molecule has 28 heavy (non-hydrogen) atoms. The van der Waals surface area contributed by atoms with Crippen LogP contribution in [0.2, 0.25) is 5.02 Å². The minimum absolute atomic E-state index is 0.155. The Bertz CT molecular complexity index is 733.